The van der Waals surface area contributed by atoms with Crippen LogP contribution in [0.2, 0.25) is 5.02 Å². The number of benzene rings is 3. The minimum atomic E-state index is -0.561. The number of amides is 3. The standard InChI is InChI=1S/C24H20ClN3O3S2/c25-17-9-11-18(12-10-17)32-14-15-5-7-16(8-6-15)23(30)28-27-22(29)13-21-24(31)26-19-3-1-2-4-20(19)33-21/h1-12,21H,13-14H2,(H,26,31)(H,27,29)(H,28,30). The van der Waals surface area contributed by atoms with E-state index in [2.05, 4.69) is 16.2 Å². The number of anilines is 1. The van der Waals surface area contributed by atoms with Gasteiger partial charge in [0.15, 0.2) is 0 Å². The average molecular weight is 498 g/mol. The summed E-state index contributed by atoms with van der Waals surface area (Å²) in [6, 6.07) is 22.2. The van der Waals surface area contributed by atoms with E-state index in [1.807, 2.05) is 60.7 Å². The topological polar surface area (TPSA) is 87.3 Å². The van der Waals surface area contributed by atoms with Crippen LogP contribution in [0.4, 0.5) is 5.69 Å². The van der Waals surface area contributed by atoms with Gasteiger partial charge in [-0.05, 0) is 54.1 Å². The minimum absolute atomic E-state index is 0.0496. The van der Waals surface area contributed by atoms with Crippen molar-refractivity contribution in [3.05, 3.63) is 88.9 Å². The number of hydrogen-bond donors (Lipinski definition) is 3. The summed E-state index contributed by atoms with van der Waals surface area (Å²) >= 11 is 8.91. The van der Waals surface area contributed by atoms with Crippen molar-refractivity contribution in [2.24, 2.45) is 0 Å². The molecule has 0 bridgehead atoms. The zero-order valence-electron chi connectivity index (χ0n) is 17.3. The van der Waals surface area contributed by atoms with Gasteiger partial charge in [-0.1, -0.05) is 35.9 Å². The molecule has 6 nitrogen and oxygen atoms in total. The maximum Gasteiger partial charge on any atom is 0.269 e. The van der Waals surface area contributed by atoms with Crippen LogP contribution in [0.3, 0.4) is 0 Å². The lowest BCUT2D eigenvalue weighted by atomic mass is 10.1. The Bertz CT molecular complexity index is 1170. The summed E-state index contributed by atoms with van der Waals surface area (Å²) in [6.45, 7) is 0. The zero-order valence-corrected chi connectivity index (χ0v) is 19.7. The van der Waals surface area contributed by atoms with E-state index in [9.17, 15) is 14.4 Å². The predicted octanol–water partition coefficient (Wildman–Crippen LogP) is 4.90. The highest BCUT2D eigenvalue weighted by Gasteiger charge is 2.28. The molecule has 0 saturated heterocycles. The van der Waals surface area contributed by atoms with Gasteiger partial charge in [0, 0.05) is 32.6 Å². The zero-order chi connectivity index (χ0) is 23.2. The van der Waals surface area contributed by atoms with E-state index in [1.165, 1.54) is 11.8 Å². The highest BCUT2D eigenvalue weighted by atomic mass is 35.5. The van der Waals surface area contributed by atoms with Gasteiger partial charge in [0.2, 0.25) is 11.8 Å². The first-order valence-electron chi connectivity index (χ1n) is 10.1. The molecule has 1 aliphatic heterocycles. The van der Waals surface area contributed by atoms with Gasteiger partial charge in [-0.2, -0.15) is 0 Å². The van der Waals surface area contributed by atoms with Crippen LogP contribution < -0.4 is 16.2 Å². The van der Waals surface area contributed by atoms with Crippen molar-refractivity contribution in [1.82, 2.24) is 10.9 Å². The maximum absolute atomic E-state index is 12.4. The fraction of sp³-hybridized carbons (Fsp3) is 0.125. The van der Waals surface area contributed by atoms with E-state index < -0.39 is 17.1 Å². The fourth-order valence-electron chi connectivity index (χ4n) is 3.09. The maximum atomic E-state index is 12.4. The Morgan fingerprint density at radius 2 is 1.70 bits per heavy atom. The summed E-state index contributed by atoms with van der Waals surface area (Å²) in [5.41, 5.74) is 7.03. The summed E-state index contributed by atoms with van der Waals surface area (Å²) in [5, 5.41) is 2.94. The van der Waals surface area contributed by atoms with Crippen molar-refractivity contribution in [1.29, 1.82) is 0 Å². The molecule has 1 aliphatic rings. The second-order valence-electron chi connectivity index (χ2n) is 7.24. The lowest BCUT2D eigenvalue weighted by Gasteiger charge is -2.23. The number of thioether (sulfide) groups is 2. The highest BCUT2D eigenvalue weighted by Crippen LogP contribution is 2.36. The van der Waals surface area contributed by atoms with Gasteiger partial charge in [0.1, 0.15) is 0 Å². The molecular weight excluding hydrogens is 478 g/mol. The molecule has 9 heteroatoms. The lowest BCUT2D eigenvalue weighted by molar-refractivity contribution is -0.124. The van der Waals surface area contributed by atoms with Crippen molar-refractivity contribution in [3.8, 4) is 0 Å². The number of para-hydroxylation sites is 1. The largest absolute Gasteiger partial charge is 0.324 e. The fourth-order valence-corrected chi connectivity index (χ4v) is 5.19. The minimum Gasteiger partial charge on any atom is -0.324 e. The Morgan fingerprint density at radius 3 is 2.45 bits per heavy atom. The van der Waals surface area contributed by atoms with Crippen LogP contribution in [-0.2, 0) is 15.3 Å². The quantitative estimate of drug-likeness (QED) is 0.333. The van der Waals surface area contributed by atoms with E-state index in [-0.39, 0.29) is 12.3 Å². The molecule has 0 radical (unpaired) electrons. The molecule has 33 heavy (non-hydrogen) atoms. The first-order chi connectivity index (χ1) is 16.0. The molecule has 0 aromatic heterocycles. The Balaban J connectivity index is 1.24. The molecule has 1 heterocycles. The summed E-state index contributed by atoms with van der Waals surface area (Å²) in [5.74, 6) is -0.338. The predicted molar refractivity (Wildman–Crippen MR) is 132 cm³/mol. The highest BCUT2D eigenvalue weighted by molar-refractivity contribution is 8.01. The van der Waals surface area contributed by atoms with Crippen LogP contribution in [0, 0.1) is 0 Å². The van der Waals surface area contributed by atoms with Gasteiger partial charge in [0.05, 0.1) is 10.9 Å². The van der Waals surface area contributed by atoms with E-state index in [0.717, 1.165) is 26.8 Å². The number of carbonyl (C=O) groups is 3. The van der Waals surface area contributed by atoms with E-state index in [0.29, 0.717) is 10.6 Å². The Morgan fingerprint density at radius 1 is 0.970 bits per heavy atom. The number of halogens is 1. The van der Waals surface area contributed by atoms with E-state index >= 15 is 0 Å². The van der Waals surface area contributed by atoms with Gasteiger partial charge >= 0.3 is 0 Å². The number of fused-ring (bicyclic) bond motifs is 1. The van der Waals surface area contributed by atoms with Crippen LogP contribution in [0.15, 0.2) is 82.6 Å². The molecule has 168 valence electrons. The molecular formula is C24H20ClN3O3S2. The molecule has 3 amide bonds. The second-order valence-corrected chi connectivity index (χ2v) is 9.97. The molecule has 1 unspecified atom stereocenters. The van der Waals surface area contributed by atoms with Crippen molar-refractivity contribution >= 4 is 58.5 Å². The second kappa shape index (κ2) is 10.8. The summed E-state index contributed by atoms with van der Waals surface area (Å²) in [4.78, 5) is 38.9. The van der Waals surface area contributed by atoms with Crippen molar-refractivity contribution < 1.29 is 14.4 Å². The SMILES string of the molecule is O=C(CC1Sc2ccccc2NC1=O)NNC(=O)c1ccc(CSc2ccc(Cl)cc2)cc1. The summed E-state index contributed by atoms with van der Waals surface area (Å²) in [7, 11) is 0. The molecule has 3 aromatic rings. The molecule has 3 aromatic carbocycles. The monoisotopic (exact) mass is 497 g/mol. The Labute approximate surface area is 204 Å². The average Bonchev–Trinajstić information content (AvgIpc) is 2.83. The number of carbonyl (C=O) groups excluding carboxylic acids is 3. The van der Waals surface area contributed by atoms with Gasteiger partial charge in [0.25, 0.3) is 5.91 Å². The Kier molecular flexibility index (Phi) is 7.59. The summed E-state index contributed by atoms with van der Waals surface area (Å²) < 4.78 is 0. The first kappa shape index (κ1) is 23.2. The lowest BCUT2D eigenvalue weighted by Crippen LogP contribution is -2.44. The molecule has 3 N–H and O–H groups in total. The molecule has 0 fully saturated rings. The van der Waals surface area contributed by atoms with Crippen LogP contribution in [0.5, 0.6) is 0 Å². The van der Waals surface area contributed by atoms with Gasteiger partial charge in [-0.3, -0.25) is 25.2 Å². The van der Waals surface area contributed by atoms with Crippen molar-refractivity contribution in [2.75, 3.05) is 5.32 Å². The number of rotatable bonds is 6. The normalized spacial score (nSPS) is 14.7. The van der Waals surface area contributed by atoms with Gasteiger partial charge < -0.3 is 5.32 Å². The third-order valence-electron chi connectivity index (χ3n) is 4.83. The van der Waals surface area contributed by atoms with Crippen LogP contribution in [0.25, 0.3) is 0 Å². The van der Waals surface area contributed by atoms with Crippen LogP contribution >= 0.6 is 35.1 Å². The van der Waals surface area contributed by atoms with Crippen molar-refractivity contribution in [3.63, 3.8) is 0 Å². The number of hydrogen-bond acceptors (Lipinski definition) is 5. The van der Waals surface area contributed by atoms with E-state index in [4.69, 9.17) is 11.6 Å². The molecule has 4 rings (SSSR count). The molecule has 0 spiro atoms. The summed E-state index contributed by atoms with van der Waals surface area (Å²) in [6.07, 6.45) is -0.0496. The van der Waals surface area contributed by atoms with Crippen LogP contribution in [0.1, 0.15) is 22.3 Å². The number of nitrogens with one attached hydrogen (secondary N) is 3. The van der Waals surface area contributed by atoms with E-state index in [1.54, 1.807) is 23.9 Å². The molecule has 0 saturated carbocycles. The first-order valence-corrected chi connectivity index (χ1v) is 12.4. The molecule has 1 atom stereocenters. The van der Waals surface area contributed by atoms with Crippen LogP contribution in [-0.4, -0.2) is 23.0 Å². The Hall–Kier alpha value is -2.94. The molecule has 0 aliphatic carbocycles. The van der Waals surface area contributed by atoms with Gasteiger partial charge in [-0.15, -0.1) is 23.5 Å². The van der Waals surface area contributed by atoms with Gasteiger partial charge in [-0.25, -0.2) is 0 Å². The van der Waals surface area contributed by atoms with Crippen molar-refractivity contribution in [2.45, 2.75) is 27.2 Å². The number of hydrazine groups is 1. The third-order valence-corrected chi connectivity index (χ3v) is 7.44. The third kappa shape index (κ3) is 6.31. The smallest absolute Gasteiger partial charge is 0.269 e.